The average molecular weight is 453 g/mol. The summed E-state index contributed by atoms with van der Waals surface area (Å²) in [6, 6.07) is 16.6. The summed E-state index contributed by atoms with van der Waals surface area (Å²) in [5.74, 6) is 0.878. The van der Waals surface area contributed by atoms with Crippen molar-refractivity contribution in [2.75, 3.05) is 19.5 Å². The number of hydrogen-bond donors (Lipinski definition) is 1. The zero-order valence-corrected chi connectivity index (χ0v) is 20.2. The lowest BCUT2D eigenvalue weighted by Gasteiger charge is -2.19. The first-order valence-corrected chi connectivity index (χ1v) is 12.0. The summed E-state index contributed by atoms with van der Waals surface area (Å²) in [4.78, 5) is 17.0. The van der Waals surface area contributed by atoms with Gasteiger partial charge < -0.3 is 14.8 Å². The number of hydrogen-bond acceptors (Lipinski definition) is 4. The second-order valence-electron chi connectivity index (χ2n) is 8.46. The third-order valence-corrected chi connectivity index (χ3v) is 6.27. The number of methoxy groups -OCH3 is 1. The van der Waals surface area contributed by atoms with Crippen molar-refractivity contribution in [3.8, 4) is 28.1 Å². The van der Waals surface area contributed by atoms with Crippen LogP contribution in [-0.2, 0) is 17.6 Å². The Morgan fingerprint density at radius 1 is 1.09 bits per heavy atom. The molecule has 0 aliphatic heterocycles. The van der Waals surface area contributed by atoms with Crippen molar-refractivity contribution in [3.05, 3.63) is 83.6 Å². The largest absolute Gasteiger partial charge is 0.496 e. The highest BCUT2D eigenvalue weighted by atomic mass is 16.5. The number of allylic oxidation sites excluding steroid dienone is 4. The molecule has 34 heavy (non-hydrogen) atoms. The zero-order valence-electron chi connectivity index (χ0n) is 20.2. The Labute approximate surface area is 202 Å². The van der Waals surface area contributed by atoms with E-state index in [1.165, 1.54) is 5.56 Å². The van der Waals surface area contributed by atoms with E-state index in [2.05, 4.69) is 60.8 Å². The number of nitrogens with zero attached hydrogens (tertiary/aromatic N) is 1. The first-order valence-electron chi connectivity index (χ1n) is 12.0. The van der Waals surface area contributed by atoms with Crippen LogP contribution in [0.15, 0.2) is 66.8 Å². The minimum atomic E-state index is 0.282. The van der Waals surface area contributed by atoms with Crippen LogP contribution in [0.25, 0.3) is 28.0 Å². The number of aldehydes is 1. The summed E-state index contributed by atoms with van der Waals surface area (Å²) in [5.41, 5.74) is 8.99. The summed E-state index contributed by atoms with van der Waals surface area (Å²) in [6.07, 6.45) is 11.9. The van der Waals surface area contributed by atoms with Gasteiger partial charge in [0.1, 0.15) is 12.0 Å². The molecule has 1 aromatic heterocycles. The Hall–Kier alpha value is -3.66. The number of aromatic nitrogens is 1. The van der Waals surface area contributed by atoms with Crippen LogP contribution < -0.4 is 10.1 Å². The fraction of sp³-hybridized carbons (Fsp3) is 0.267. The van der Waals surface area contributed by atoms with Gasteiger partial charge in [0.05, 0.1) is 18.5 Å². The molecule has 0 saturated heterocycles. The highest BCUT2D eigenvalue weighted by molar-refractivity contribution is 5.88. The molecule has 0 spiro atoms. The molecular formula is C30H32N2O2. The van der Waals surface area contributed by atoms with Crippen LogP contribution in [0.1, 0.15) is 43.0 Å². The molecule has 174 valence electrons. The van der Waals surface area contributed by atoms with E-state index < -0.39 is 0 Å². The number of pyridine rings is 1. The lowest BCUT2D eigenvalue weighted by atomic mass is 9.90. The molecule has 1 aliphatic carbocycles. The van der Waals surface area contributed by atoms with Crippen LogP contribution in [0.5, 0.6) is 5.75 Å². The number of anilines is 1. The van der Waals surface area contributed by atoms with E-state index in [1.54, 1.807) is 7.11 Å². The third-order valence-electron chi connectivity index (χ3n) is 6.27. The molecule has 4 rings (SSSR count). The number of benzene rings is 2. The fourth-order valence-electron chi connectivity index (χ4n) is 4.59. The summed E-state index contributed by atoms with van der Waals surface area (Å²) < 4.78 is 5.74. The Balaban J connectivity index is 2.01. The molecule has 0 fully saturated rings. The standard InChI is InChI=1S/C30H32N2O2/c1-4-10-22-15-16-23(19-29(22)34-3)26-20-28(21-11-6-5-7-12-21)32-30(24(26)17-18-33)25-13-8-9-14-27(25)31-2/h6,8-9,11-16,18-20,31H,4-5,7,10,17H2,1-3H3. The molecule has 0 unspecified atom stereocenters. The van der Waals surface area contributed by atoms with E-state index in [9.17, 15) is 4.79 Å². The van der Waals surface area contributed by atoms with E-state index in [0.29, 0.717) is 0 Å². The number of para-hydroxylation sites is 1. The van der Waals surface area contributed by atoms with E-state index in [1.807, 2.05) is 25.2 Å². The van der Waals surface area contributed by atoms with Gasteiger partial charge in [-0.2, -0.15) is 0 Å². The highest BCUT2D eigenvalue weighted by Gasteiger charge is 2.20. The van der Waals surface area contributed by atoms with E-state index in [-0.39, 0.29) is 6.42 Å². The van der Waals surface area contributed by atoms with Gasteiger partial charge in [-0.1, -0.05) is 61.9 Å². The van der Waals surface area contributed by atoms with Gasteiger partial charge in [0.25, 0.3) is 0 Å². The summed E-state index contributed by atoms with van der Waals surface area (Å²) in [5, 5.41) is 3.28. The molecular weight excluding hydrogens is 420 g/mol. The molecule has 4 nitrogen and oxygen atoms in total. The molecule has 0 atom stereocenters. The molecule has 1 N–H and O–H groups in total. The predicted octanol–water partition coefficient (Wildman–Crippen LogP) is 6.89. The molecule has 0 saturated carbocycles. The molecule has 1 heterocycles. The van der Waals surface area contributed by atoms with E-state index in [4.69, 9.17) is 9.72 Å². The maximum absolute atomic E-state index is 11.9. The van der Waals surface area contributed by atoms with Crippen molar-refractivity contribution in [2.45, 2.75) is 39.0 Å². The SMILES string of the molecule is CCCc1ccc(-c2cc(C3=CCCC=C3)nc(-c3ccccc3NC)c2CC=O)cc1OC. The van der Waals surface area contributed by atoms with Gasteiger partial charge in [-0.15, -0.1) is 0 Å². The van der Waals surface area contributed by atoms with Crippen molar-refractivity contribution in [1.29, 1.82) is 0 Å². The van der Waals surface area contributed by atoms with Gasteiger partial charge in [-0.3, -0.25) is 0 Å². The van der Waals surface area contributed by atoms with Crippen molar-refractivity contribution in [1.82, 2.24) is 4.98 Å². The third kappa shape index (κ3) is 4.81. The van der Waals surface area contributed by atoms with E-state index in [0.717, 1.165) is 82.6 Å². The topological polar surface area (TPSA) is 51.2 Å². The number of aryl methyl sites for hydroxylation is 1. The molecule has 0 bridgehead atoms. The summed E-state index contributed by atoms with van der Waals surface area (Å²) in [6.45, 7) is 2.17. The molecule has 0 radical (unpaired) electrons. The second-order valence-corrected chi connectivity index (χ2v) is 8.46. The number of carbonyl (C=O) groups excluding carboxylic acids is 1. The van der Waals surface area contributed by atoms with Gasteiger partial charge >= 0.3 is 0 Å². The first-order chi connectivity index (χ1) is 16.7. The van der Waals surface area contributed by atoms with Gasteiger partial charge in [0.2, 0.25) is 0 Å². The Morgan fingerprint density at radius 2 is 1.94 bits per heavy atom. The Morgan fingerprint density at radius 3 is 2.65 bits per heavy atom. The number of ether oxygens (including phenoxy) is 1. The maximum atomic E-state index is 11.9. The highest BCUT2D eigenvalue weighted by Crippen LogP contribution is 2.39. The molecule has 2 aromatic carbocycles. The fourth-order valence-corrected chi connectivity index (χ4v) is 4.59. The predicted molar refractivity (Wildman–Crippen MR) is 141 cm³/mol. The smallest absolute Gasteiger partial charge is 0.124 e. The number of carbonyl (C=O) groups is 1. The van der Waals surface area contributed by atoms with Gasteiger partial charge in [-0.05, 0) is 65.3 Å². The number of rotatable bonds is 9. The zero-order chi connectivity index (χ0) is 23.9. The van der Waals surface area contributed by atoms with Gasteiger partial charge in [0, 0.05) is 24.7 Å². The molecule has 1 aliphatic rings. The average Bonchev–Trinajstić information content (AvgIpc) is 2.90. The van der Waals surface area contributed by atoms with Crippen molar-refractivity contribution in [3.63, 3.8) is 0 Å². The van der Waals surface area contributed by atoms with Crippen LogP contribution in [0.4, 0.5) is 5.69 Å². The van der Waals surface area contributed by atoms with Crippen LogP contribution in [0, 0.1) is 0 Å². The lowest BCUT2D eigenvalue weighted by Crippen LogP contribution is -2.04. The molecule has 3 aromatic rings. The first kappa shape index (κ1) is 23.5. The maximum Gasteiger partial charge on any atom is 0.124 e. The van der Waals surface area contributed by atoms with E-state index >= 15 is 0 Å². The monoisotopic (exact) mass is 452 g/mol. The minimum absolute atomic E-state index is 0.282. The normalized spacial score (nSPS) is 12.9. The van der Waals surface area contributed by atoms with Crippen LogP contribution in [-0.4, -0.2) is 25.4 Å². The van der Waals surface area contributed by atoms with Crippen LogP contribution in [0.3, 0.4) is 0 Å². The summed E-state index contributed by atoms with van der Waals surface area (Å²) >= 11 is 0. The van der Waals surface area contributed by atoms with Crippen LogP contribution in [0.2, 0.25) is 0 Å². The lowest BCUT2D eigenvalue weighted by molar-refractivity contribution is -0.107. The Bertz CT molecular complexity index is 1240. The van der Waals surface area contributed by atoms with Crippen molar-refractivity contribution in [2.24, 2.45) is 0 Å². The quantitative estimate of drug-likeness (QED) is 0.359. The number of nitrogens with one attached hydrogen (secondary N) is 1. The molecule has 4 heteroatoms. The van der Waals surface area contributed by atoms with Crippen LogP contribution >= 0.6 is 0 Å². The van der Waals surface area contributed by atoms with Gasteiger partial charge in [-0.25, -0.2) is 4.98 Å². The minimum Gasteiger partial charge on any atom is -0.496 e. The Kier molecular flexibility index (Phi) is 7.58. The molecule has 0 amide bonds. The van der Waals surface area contributed by atoms with Gasteiger partial charge in [0.15, 0.2) is 0 Å². The van der Waals surface area contributed by atoms with Crippen molar-refractivity contribution < 1.29 is 9.53 Å². The summed E-state index contributed by atoms with van der Waals surface area (Å²) in [7, 11) is 3.63. The van der Waals surface area contributed by atoms with Crippen molar-refractivity contribution >= 4 is 17.5 Å². The second kappa shape index (κ2) is 11.0.